The van der Waals surface area contributed by atoms with Crippen molar-refractivity contribution >= 4 is 23.5 Å². The normalized spacial score (nSPS) is 17.2. The molecule has 0 spiro atoms. The van der Waals surface area contributed by atoms with Gasteiger partial charge in [0.15, 0.2) is 5.82 Å². The SMILES string of the molecule is CCN1C(=O)C(NC(=O)c2cccc(C(F)(F)F)c2)C(c2ccc(F)cc2)c2c(N)nn(-c3ccccc3)c21. The lowest BCUT2D eigenvalue weighted by molar-refractivity contribution is -0.137. The molecule has 0 bridgehead atoms. The molecule has 200 valence electrons. The van der Waals surface area contributed by atoms with Crippen LogP contribution in [0.2, 0.25) is 0 Å². The number of anilines is 2. The van der Waals surface area contributed by atoms with Gasteiger partial charge in [0.2, 0.25) is 0 Å². The van der Waals surface area contributed by atoms with Gasteiger partial charge in [0.1, 0.15) is 17.7 Å². The van der Waals surface area contributed by atoms with E-state index in [1.165, 1.54) is 39.9 Å². The quantitative estimate of drug-likeness (QED) is 0.354. The molecule has 2 amide bonds. The summed E-state index contributed by atoms with van der Waals surface area (Å²) in [4.78, 5) is 28.6. The number of nitrogens with two attached hydrogens (primary N) is 1. The molecule has 2 heterocycles. The van der Waals surface area contributed by atoms with Crippen molar-refractivity contribution in [3.05, 3.63) is 107 Å². The van der Waals surface area contributed by atoms with Gasteiger partial charge in [-0.3, -0.25) is 14.5 Å². The number of nitrogen functional groups attached to an aromatic ring is 1. The van der Waals surface area contributed by atoms with E-state index in [4.69, 9.17) is 5.73 Å². The minimum Gasteiger partial charge on any atom is -0.382 e. The lowest BCUT2D eigenvalue weighted by Gasteiger charge is -2.38. The first-order valence-corrected chi connectivity index (χ1v) is 12.1. The molecule has 2 atom stereocenters. The highest BCUT2D eigenvalue weighted by Gasteiger charge is 2.46. The van der Waals surface area contributed by atoms with Gasteiger partial charge in [0.05, 0.1) is 11.3 Å². The third-order valence-corrected chi connectivity index (χ3v) is 6.64. The summed E-state index contributed by atoms with van der Waals surface area (Å²) >= 11 is 0. The molecule has 4 aromatic rings. The Balaban J connectivity index is 1.65. The van der Waals surface area contributed by atoms with Crippen molar-refractivity contribution in [2.45, 2.75) is 25.1 Å². The number of fused-ring (bicyclic) bond motifs is 1. The Bertz CT molecular complexity index is 1530. The van der Waals surface area contributed by atoms with Crippen LogP contribution in [0.25, 0.3) is 5.69 Å². The van der Waals surface area contributed by atoms with Crippen LogP contribution in [0.4, 0.5) is 29.2 Å². The lowest BCUT2D eigenvalue weighted by atomic mass is 9.81. The van der Waals surface area contributed by atoms with Gasteiger partial charge >= 0.3 is 6.18 Å². The first-order chi connectivity index (χ1) is 18.6. The number of carbonyl (C=O) groups is 2. The van der Waals surface area contributed by atoms with Gasteiger partial charge < -0.3 is 11.1 Å². The van der Waals surface area contributed by atoms with Crippen LogP contribution in [0.3, 0.4) is 0 Å². The fourth-order valence-corrected chi connectivity index (χ4v) is 4.87. The highest BCUT2D eigenvalue weighted by Crippen LogP contribution is 2.44. The fraction of sp³-hybridized carbons (Fsp3) is 0.179. The van der Waals surface area contributed by atoms with Crippen molar-refractivity contribution in [1.82, 2.24) is 15.1 Å². The number of likely N-dealkylation sites (N-methyl/N-ethyl adjacent to an activating group) is 1. The second-order valence-corrected chi connectivity index (χ2v) is 9.01. The first kappa shape index (κ1) is 26.0. The van der Waals surface area contributed by atoms with Gasteiger partial charge in [-0.2, -0.15) is 13.2 Å². The molecule has 0 aliphatic carbocycles. The molecule has 0 radical (unpaired) electrons. The highest BCUT2D eigenvalue weighted by atomic mass is 19.4. The molecule has 39 heavy (non-hydrogen) atoms. The van der Waals surface area contributed by atoms with E-state index in [9.17, 15) is 27.2 Å². The molecule has 1 aliphatic heterocycles. The number of benzene rings is 3. The Labute approximate surface area is 220 Å². The van der Waals surface area contributed by atoms with Crippen molar-refractivity contribution in [2.75, 3.05) is 17.2 Å². The molecule has 5 rings (SSSR count). The monoisotopic (exact) mass is 537 g/mol. The van der Waals surface area contributed by atoms with Gasteiger partial charge in [-0.05, 0) is 55.0 Å². The Kier molecular flexibility index (Phi) is 6.59. The van der Waals surface area contributed by atoms with Crippen molar-refractivity contribution in [1.29, 1.82) is 0 Å². The summed E-state index contributed by atoms with van der Waals surface area (Å²) < 4.78 is 55.2. The molecule has 7 nitrogen and oxygen atoms in total. The molecule has 11 heteroatoms. The van der Waals surface area contributed by atoms with E-state index in [2.05, 4.69) is 10.4 Å². The second kappa shape index (κ2) is 9.90. The molecule has 0 fully saturated rings. The van der Waals surface area contributed by atoms with Crippen LogP contribution in [0.1, 0.15) is 39.9 Å². The number of nitrogens with zero attached hydrogens (tertiary/aromatic N) is 3. The summed E-state index contributed by atoms with van der Waals surface area (Å²) in [6.07, 6.45) is -4.65. The average Bonchev–Trinajstić information content (AvgIpc) is 3.26. The summed E-state index contributed by atoms with van der Waals surface area (Å²) in [6, 6.07) is 17.1. The molecule has 1 aliphatic rings. The first-order valence-electron chi connectivity index (χ1n) is 12.1. The third-order valence-electron chi connectivity index (χ3n) is 6.64. The Hall–Kier alpha value is -4.67. The van der Waals surface area contributed by atoms with Crippen LogP contribution in [0.15, 0.2) is 78.9 Å². The van der Waals surface area contributed by atoms with Crippen molar-refractivity contribution < 1.29 is 27.2 Å². The van der Waals surface area contributed by atoms with Gasteiger partial charge in [-0.1, -0.05) is 36.4 Å². The zero-order valence-corrected chi connectivity index (χ0v) is 20.6. The van der Waals surface area contributed by atoms with Crippen LogP contribution < -0.4 is 16.0 Å². The largest absolute Gasteiger partial charge is 0.416 e. The fourth-order valence-electron chi connectivity index (χ4n) is 4.87. The maximum atomic E-state index is 13.9. The molecular formula is C28H23F4N5O2. The van der Waals surface area contributed by atoms with E-state index in [1.54, 1.807) is 31.2 Å². The van der Waals surface area contributed by atoms with Gasteiger partial charge in [0, 0.05) is 23.6 Å². The van der Waals surface area contributed by atoms with E-state index in [1.807, 2.05) is 6.07 Å². The van der Waals surface area contributed by atoms with Crippen LogP contribution in [0, 0.1) is 5.82 Å². The maximum absolute atomic E-state index is 13.9. The van der Waals surface area contributed by atoms with Crippen molar-refractivity contribution in [3.63, 3.8) is 0 Å². The van der Waals surface area contributed by atoms with Crippen LogP contribution in [0.5, 0.6) is 0 Å². The van der Waals surface area contributed by atoms with Gasteiger partial charge in [0.25, 0.3) is 11.8 Å². The van der Waals surface area contributed by atoms with Crippen LogP contribution in [-0.2, 0) is 11.0 Å². The zero-order valence-electron chi connectivity index (χ0n) is 20.6. The average molecular weight is 538 g/mol. The maximum Gasteiger partial charge on any atom is 0.416 e. The van der Waals surface area contributed by atoms with Gasteiger partial charge in [-0.25, -0.2) is 9.07 Å². The van der Waals surface area contributed by atoms with Crippen molar-refractivity contribution in [3.8, 4) is 5.69 Å². The number of alkyl halides is 3. The van der Waals surface area contributed by atoms with E-state index < -0.39 is 41.3 Å². The lowest BCUT2D eigenvalue weighted by Crippen LogP contribution is -2.55. The Morgan fingerprint density at radius 2 is 1.72 bits per heavy atom. The number of hydrogen-bond acceptors (Lipinski definition) is 4. The summed E-state index contributed by atoms with van der Waals surface area (Å²) in [5.74, 6) is -2.31. The number of aromatic nitrogens is 2. The predicted molar refractivity (Wildman–Crippen MR) is 137 cm³/mol. The number of nitrogens with one attached hydrogen (secondary N) is 1. The Morgan fingerprint density at radius 1 is 1.03 bits per heavy atom. The predicted octanol–water partition coefficient (Wildman–Crippen LogP) is 4.91. The summed E-state index contributed by atoms with van der Waals surface area (Å²) in [6.45, 7) is 1.93. The summed E-state index contributed by atoms with van der Waals surface area (Å²) in [5, 5.41) is 7.11. The molecule has 3 aromatic carbocycles. The molecule has 3 N–H and O–H groups in total. The van der Waals surface area contributed by atoms with Crippen LogP contribution >= 0.6 is 0 Å². The van der Waals surface area contributed by atoms with E-state index in [0.29, 0.717) is 22.6 Å². The van der Waals surface area contributed by atoms with E-state index in [0.717, 1.165) is 18.2 Å². The van der Waals surface area contributed by atoms with E-state index in [-0.39, 0.29) is 17.9 Å². The van der Waals surface area contributed by atoms with Crippen LogP contribution in [-0.4, -0.2) is 34.2 Å². The van der Waals surface area contributed by atoms with E-state index >= 15 is 0 Å². The Morgan fingerprint density at radius 3 is 2.36 bits per heavy atom. The topological polar surface area (TPSA) is 93.2 Å². The summed E-state index contributed by atoms with van der Waals surface area (Å²) in [5.41, 5.74) is 6.69. The minimum absolute atomic E-state index is 0.0902. The van der Waals surface area contributed by atoms with Gasteiger partial charge in [-0.15, -0.1) is 5.10 Å². The second-order valence-electron chi connectivity index (χ2n) is 9.01. The molecule has 2 unspecified atom stereocenters. The number of carbonyl (C=O) groups excluding carboxylic acids is 2. The minimum atomic E-state index is -4.65. The standard InChI is InChI=1S/C28H23F4N5O2/c1-2-36-26-22(24(33)35-37(26)20-9-4-3-5-10-20)21(16-11-13-19(29)14-12-16)23(27(36)39)34-25(38)17-7-6-8-18(15-17)28(30,31)32/h3-15,21,23H,2H2,1H3,(H2,33,35)(H,34,38). The highest BCUT2D eigenvalue weighted by molar-refractivity contribution is 6.06. The number of para-hydroxylation sites is 1. The smallest absolute Gasteiger partial charge is 0.382 e. The molecular weight excluding hydrogens is 514 g/mol. The van der Waals surface area contributed by atoms with Crippen molar-refractivity contribution in [2.24, 2.45) is 0 Å². The number of halogens is 4. The number of hydrogen-bond donors (Lipinski definition) is 2. The number of amides is 2. The molecule has 0 saturated carbocycles. The molecule has 0 saturated heterocycles. The summed E-state index contributed by atoms with van der Waals surface area (Å²) in [7, 11) is 0. The molecule has 1 aromatic heterocycles. The third kappa shape index (κ3) is 4.71. The zero-order chi connectivity index (χ0) is 27.9. The number of rotatable bonds is 5.